The number of hydrogen-bond acceptors (Lipinski definition) is 4. The van der Waals surface area contributed by atoms with Crippen LogP contribution in [0.25, 0.3) is 0 Å². The Kier molecular flexibility index (Phi) is 18.1. The van der Waals surface area contributed by atoms with Gasteiger partial charge in [-0.1, -0.05) is 72.1 Å². The van der Waals surface area contributed by atoms with Crippen molar-refractivity contribution >= 4 is 11.8 Å². The van der Waals surface area contributed by atoms with Crippen LogP contribution in [0.4, 0.5) is 0 Å². The summed E-state index contributed by atoms with van der Waals surface area (Å²) in [7, 11) is 0. The van der Waals surface area contributed by atoms with Crippen LogP contribution >= 0.6 is 0 Å². The normalized spacial score (nSPS) is 17.2. The van der Waals surface area contributed by atoms with E-state index < -0.39 is 0 Å². The molecule has 212 valence electrons. The summed E-state index contributed by atoms with van der Waals surface area (Å²) in [4.78, 5) is 26.9. The molecule has 3 N–H and O–H groups in total. The second kappa shape index (κ2) is 19.9. The summed E-state index contributed by atoms with van der Waals surface area (Å²) >= 11 is 0. The fourth-order valence-electron chi connectivity index (χ4n) is 5.21. The number of amides is 2. The van der Waals surface area contributed by atoms with Gasteiger partial charge in [0.25, 0.3) is 0 Å². The van der Waals surface area contributed by atoms with Crippen LogP contribution in [-0.4, -0.2) is 83.0 Å². The number of rotatable bonds is 23. The SMILES string of the molecule is CCCCCC(=O)NCC[N+](CCC(O)CCCCC)(CCC(O)CCCCC)CN1CCCC1=O. The van der Waals surface area contributed by atoms with Gasteiger partial charge in [-0.05, 0) is 25.7 Å². The van der Waals surface area contributed by atoms with Crippen LogP contribution in [0.2, 0.25) is 0 Å². The minimum Gasteiger partial charge on any atom is -0.393 e. The van der Waals surface area contributed by atoms with Crippen molar-refractivity contribution in [1.82, 2.24) is 10.2 Å². The number of unbranched alkanes of at least 4 members (excludes halogenated alkanes) is 6. The van der Waals surface area contributed by atoms with E-state index in [1.165, 1.54) is 0 Å². The van der Waals surface area contributed by atoms with Gasteiger partial charge >= 0.3 is 0 Å². The van der Waals surface area contributed by atoms with Gasteiger partial charge < -0.3 is 20.0 Å². The van der Waals surface area contributed by atoms with E-state index >= 15 is 0 Å². The molecule has 2 unspecified atom stereocenters. The smallest absolute Gasteiger partial charge is 0.226 e. The molecule has 1 saturated heterocycles. The van der Waals surface area contributed by atoms with Gasteiger partial charge in [-0.2, -0.15) is 0 Å². The molecule has 7 nitrogen and oxygen atoms in total. The number of hydrogen-bond donors (Lipinski definition) is 3. The van der Waals surface area contributed by atoms with Crippen molar-refractivity contribution in [1.29, 1.82) is 0 Å². The van der Waals surface area contributed by atoms with E-state index in [0.717, 1.165) is 96.7 Å². The van der Waals surface area contributed by atoms with Gasteiger partial charge in [0, 0.05) is 32.2 Å². The van der Waals surface area contributed by atoms with Crippen molar-refractivity contribution in [2.45, 2.75) is 136 Å². The lowest BCUT2D eigenvalue weighted by Crippen LogP contribution is -2.59. The number of aliphatic hydroxyl groups is 2. The van der Waals surface area contributed by atoms with Gasteiger partial charge in [0.2, 0.25) is 11.8 Å². The minimum absolute atomic E-state index is 0.0954. The largest absolute Gasteiger partial charge is 0.393 e. The second-order valence-corrected chi connectivity index (χ2v) is 11.1. The minimum atomic E-state index is -0.346. The molecular formula is C29H58N3O4+. The third-order valence-corrected chi connectivity index (χ3v) is 7.71. The van der Waals surface area contributed by atoms with Crippen molar-refractivity contribution in [3.05, 3.63) is 0 Å². The summed E-state index contributed by atoms with van der Waals surface area (Å²) in [6.45, 7) is 10.6. The third kappa shape index (κ3) is 14.5. The Labute approximate surface area is 221 Å². The lowest BCUT2D eigenvalue weighted by atomic mass is 10.1. The Hall–Kier alpha value is -1.18. The highest BCUT2D eigenvalue weighted by Crippen LogP contribution is 2.20. The first-order valence-corrected chi connectivity index (χ1v) is 15.1. The van der Waals surface area contributed by atoms with E-state index in [9.17, 15) is 19.8 Å². The first-order chi connectivity index (χ1) is 17.4. The molecule has 0 bridgehead atoms. The average Bonchev–Trinajstić information content (AvgIpc) is 3.25. The van der Waals surface area contributed by atoms with Crippen molar-refractivity contribution in [2.24, 2.45) is 0 Å². The van der Waals surface area contributed by atoms with Crippen molar-refractivity contribution in [2.75, 3.05) is 39.4 Å². The summed E-state index contributed by atoms with van der Waals surface area (Å²) in [6, 6.07) is 0. The van der Waals surface area contributed by atoms with Gasteiger partial charge in [-0.3, -0.25) is 14.5 Å². The highest BCUT2D eigenvalue weighted by atomic mass is 16.3. The summed E-state index contributed by atoms with van der Waals surface area (Å²) in [5.74, 6) is 0.297. The van der Waals surface area contributed by atoms with Crippen LogP contribution in [0, 0.1) is 0 Å². The van der Waals surface area contributed by atoms with Crippen LogP contribution in [0.1, 0.15) is 124 Å². The zero-order valence-corrected chi connectivity index (χ0v) is 23.8. The third-order valence-electron chi connectivity index (χ3n) is 7.71. The maximum atomic E-state index is 12.6. The van der Waals surface area contributed by atoms with Crippen molar-refractivity contribution in [3.8, 4) is 0 Å². The van der Waals surface area contributed by atoms with E-state index in [2.05, 4.69) is 26.1 Å². The number of nitrogens with zero attached hydrogens (tertiary/aromatic N) is 2. The van der Waals surface area contributed by atoms with E-state index in [4.69, 9.17) is 0 Å². The molecule has 1 aliphatic rings. The molecule has 0 aliphatic carbocycles. The van der Waals surface area contributed by atoms with Crippen LogP contribution < -0.4 is 5.32 Å². The van der Waals surface area contributed by atoms with Crippen molar-refractivity contribution in [3.63, 3.8) is 0 Å². The standard InChI is InChI=1S/C29H57N3O4/c1-4-7-10-14-26(33)18-22-32(25-31-21-13-17-29(31)36,23-19-27(34)15-11-8-5-2)24-20-30-28(35)16-12-9-6-3/h26-27,33-34H,4-25H2,1-3H3/p+1. The number of carbonyl (C=O) groups is 2. The molecule has 7 heteroatoms. The molecule has 1 heterocycles. The van der Waals surface area contributed by atoms with Crippen molar-refractivity contribution < 1.29 is 24.3 Å². The zero-order valence-electron chi connectivity index (χ0n) is 23.8. The highest BCUT2D eigenvalue weighted by Gasteiger charge is 2.34. The molecule has 0 aromatic heterocycles. The van der Waals surface area contributed by atoms with E-state index in [1.807, 2.05) is 4.90 Å². The predicted molar refractivity (Wildman–Crippen MR) is 147 cm³/mol. The second-order valence-electron chi connectivity index (χ2n) is 11.1. The molecule has 1 rings (SSSR count). The number of aliphatic hydroxyl groups excluding tert-OH is 2. The predicted octanol–water partition coefficient (Wildman–Crippen LogP) is 4.74. The topological polar surface area (TPSA) is 89.9 Å². The van der Waals surface area contributed by atoms with Crippen LogP contribution in [-0.2, 0) is 9.59 Å². The van der Waals surface area contributed by atoms with Crippen LogP contribution in [0.3, 0.4) is 0 Å². The first kappa shape index (κ1) is 32.8. The summed E-state index contributed by atoms with van der Waals surface area (Å²) in [5, 5.41) is 24.5. The van der Waals surface area contributed by atoms with Crippen LogP contribution in [0.15, 0.2) is 0 Å². The Morgan fingerprint density at radius 3 is 1.92 bits per heavy atom. The van der Waals surface area contributed by atoms with Gasteiger partial charge in [0.15, 0.2) is 6.67 Å². The molecular weight excluding hydrogens is 454 g/mol. The Morgan fingerprint density at radius 1 is 0.861 bits per heavy atom. The molecule has 0 aromatic rings. The van der Waals surface area contributed by atoms with Gasteiger partial charge in [0.05, 0.1) is 38.4 Å². The maximum absolute atomic E-state index is 12.6. The Balaban J connectivity index is 2.88. The molecule has 2 amide bonds. The molecule has 1 fully saturated rings. The molecule has 0 aromatic carbocycles. The van der Waals surface area contributed by atoms with Gasteiger partial charge in [-0.25, -0.2) is 0 Å². The number of nitrogens with one attached hydrogen (secondary N) is 1. The first-order valence-electron chi connectivity index (χ1n) is 15.1. The monoisotopic (exact) mass is 512 g/mol. The van der Waals surface area contributed by atoms with Gasteiger partial charge in [0.1, 0.15) is 0 Å². The molecule has 0 radical (unpaired) electrons. The Bertz CT molecular complexity index is 567. The van der Waals surface area contributed by atoms with E-state index in [1.54, 1.807) is 0 Å². The molecule has 0 saturated carbocycles. The molecule has 2 atom stereocenters. The van der Waals surface area contributed by atoms with Gasteiger partial charge in [-0.15, -0.1) is 0 Å². The molecule has 0 spiro atoms. The maximum Gasteiger partial charge on any atom is 0.226 e. The number of carbonyl (C=O) groups excluding carboxylic acids is 2. The number of likely N-dealkylation sites (tertiary alicyclic amines) is 1. The molecule has 1 aliphatic heterocycles. The quantitative estimate of drug-likeness (QED) is 0.136. The summed E-state index contributed by atoms with van der Waals surface area (Å²) in [5.41, 5.74) is 0. The molecule has 36 heavy (non-hydrogen) atoms. The lowest BCUT2D eigenvalue weighted by Gasteiger charge is -2.42. The Morgan fingerprint density at radius 2 is 1.42 bits per heavy atom. The average molecular weight is 513 g/mol. The van der Waals surface area contributed by atoms with E-state index in [0.29, 0.717) is 49.9 Å². The summed E-state index contributed by atoms with van der Waals surface area (Å²) < 4.78 is 0.636. The fourth-order valence-corrected chi connectivity index (χ4v) is 5.21. The summed E-state index contributed by atoms with van der Waals surface area (Å²) in [6.07, 6.45) is 14.0. The zero-order chi connectivity index (χ0) is 26.7. The lowest BCUT2D eigenvalue weighted by molar-refractivity contribution is -0.935. The van der Waals surface area contributed by atoms with E-state index in [-0.39, 0.29) is 24.0 Å². The number of quaternary nitrogens is 1. The fraction of sp³-hybridized carbons (Fsp3) is 0.931. The van der Waals surface area contributed by atoms with Crippen LogP contribution in [0.5, 0.6) is 0 Å². The highest BCUT2D eigenvalue weighted by molar-refractivity contribution is 5.77.